The molecule has 0 radical (unpaired) electrons. The largest absolute Gasteiger partial charge is 0.481 e. The molecule has 0 aromatic carbocycles. The molecule has 1 aromatic rings. The van der Waals surface area contributed by atoms with E-state index in [-0.39, 0.29) is 17.3 Å². The van der Waals surface area contributed by atoms with E-state index in [0.29, 0.717) is 5.88 Å². The molecule has 2 rings (SSSR count). The van der Waals surface area contributed by atoms with Crippen LogP contribution in [-0.4, -0.2) is 23.2 Å². The van der Waals surface area contributed by atoms with Crippen LogP contribution in [-0.2, 0) is 4.79 Å². The molecule has 1 heterocycles. The summed E-state index contributed by atoms with van der Waals surface area (Å²) in [6, 6.07) is 1.97. The molecule has 17 heavy (non-hydrogen) atoms. The zero-order valence-electron chi connectivity index (χ0n) is 10.5. The fourth-order valence-corrected chi connectivity index (χ4v) is 2.69. The second-order valence-electron chi connectivity index (χ2n) is 5.21. The number of methoxy groups -OCH3 is 1. The van der Waals surface area contributed by atoms with E-state index < -0.39 is 5.97 Å². The molecule has 0 amide bonds. The van der Waals surface area contributed by atoms with E-state index in [2.05, 4.69) is 4.98 Å². The van der Waals surface area contributed by atoms with Crippen molar-refractivity contribution in [2.75, 3.05) is 7.11 Å². The van der Waals surface area contributed by atoms with E-state index in [1.54, 1.807) is 13.3 Å². The number of aliphatic carboxylic acids is 1. The number of rotatable bonds is 3. The molecule has 2 unspecified atom stereocenters. The third-order valence-electron chi connectivity index (χ3n) is 3.70. The molecular weight excluding hydrogens is 218 g/mol. The van der Waals surface area contributed by atoms with Crippen LogP contribution in [0.4, 0.5) is 0 Å². The van der Waals surface area contributed by atoms with Gasteiger partial charge >= 0.3 is 5.97 Å². The molecule has 0 bridgehead atoms. The first-order valence-corrected chi connectivity index (χ1v) is 5.63. The molecule has 4 heteroatoms. The number of carbonyl (C=O) groups is 1. The van der Waals surface area contributed by atoms with Crippen LogP contribution in [0.5, 0.6) is 5.88 Å². The van der Waals surface area contributed by atoms with Crippen molar-refractivity contribution in [3.63, 3.8) is 0 Å². The lowest BCUT2D eigenvalue weighted by Crippen LogP contribution is -2.03. The number of hydrogen-bond donors (Lipinski definition) is 1. The van der Waals surface area contributed by atoms with Gasteiger partial charge in [-0.3, -0.25) is 4.79 Å². The molecule has 1 aliphatic rings. The highest BCUT2D eigenvalue weighted by Crippen LogP contribution is 2.64. The summed E-state index contributed by atoms with van der Waals surface area (Å²) < 4.78 is 5.10. The Morgan fingerprint density at radius 1 is 1.53 bits per heavy atom. The average Bonchev–Trinajstić information content (AvgIpc) is 2.81. The Labute approximate surface area is 101 Å². The summed E-state index contributed by atoms with van der Waals surface area (Å²) in [5, 5.41) is 9.15. The minimum absolute atomic E-state index is 0.0529. The monoisotopic (exact) mass is 235 g/mol. The minimum atomic E-state index is -0.728. The lowest BCUT2D eigenvalue weighted by atomic mass is 10.0. The molecular formula is C13H17NO3. The molecule has 1 saturated carbocycles. The highest BCUT2D eigenvalue weighted by molar-refractivity contribution is 5.77. The Balaban J connectivity index is 2.31. The highest BCUT2D eigenvalue weighted by atomic mass is 16.5. The second kappa shape index (κ2) is 3.72. The SMILES string of the molecule is COc1ncc(C2C(C(=O)O)C2(C)C)cc1C. The standard InChI is InChI=1S/C13H17NO3/c1-7-5-8(6-14-11(7)17-4)9-10(12(15)16)13(9,2)3/h5-6,9-10H,1-4H3,(H,15,16). The average molecular weight is 235 g/mol. The molecule has 2 atom stereocenters. The number of pyridine rings is 1. The first-order valence-electron chi connectivity index (χ1n) is 5.63. The van der Waals surface area contributed by atoms with Crippen molar-refractivity contribution in [2.45, 2.75) is 26.7 Å². The highest BCUT2D eigenvalue weighted by Gasteiger charge is 2.62. The van der Waals surface area contributed by atoms with Gasteiger partial charge in [0.1, 0.15) is 0 Å². The maximum atomic E-state index is 11.1. The van der Waals surface area contributed by atoms with E-state index in [1.807, 2.05) is 26.8 Å². The van der Waals surface area contributed by atoms with E-state index >= 15 is 0 Å². The minimum Gasteiger partial charge on any atom is -0.481 e. The van der Waals surface area contributed by atoms with Crippen molar-refractivity contribution in [3.05, 3.63) is 23.4 Å². The Hall–Kier alpha value is -1.58. The van der Waals surface area contributed by atoms with Gasteiger partial charge in [0.15, 0.2) is 0 Å². The van der Waals surface area contributed by atoms with Crippen LogP contribution >= 0.6 is 0 Å². The van der Waals surface area contributed by atoms with Gasteiger partial charge in [0.2, 0.25) is 5.88 Å². The van der Waals surface area contributed by atoms with Gasteiger partial charge in [-0.15, -0.1) is 0 Å². The normalized spacial score (nSPS) is 25.4. The van der Waals surface area contributed by atoms with Gasteiger partial charge in [-0.2, -0.15) is 0 Å². The Kier molecular flexibility index (Phi) is 2.60. The first kappa shape index (κ1) is 11.9. The summed E-state index contributed by atoms with van der Waals surface area (Å²) >= 11 is 0. The zero-order chi connectivity index (χ0) is 12.8. The summed E-state index contributed by atoms with van der Waals surface area (Å²) in [7, 11) is 1.58. The third-order valence-corrected chi connectivity index (χ3v) is 3.70. The topological polar surface area (TPSA) is 59.4 Å². The van der Waals surface area contributed by atoms with Crippen molar-refractivity contribution in [1.82, 2.24) is 4.98 Å². The molecule has 1 aliphatic carbocycles. The van der Waals surface area contributed by atoms with Crippen molar-refractivity contribution in [3.8, 4) is 5.88 Å². The van der Waals surface area contributed by atoms with Crippen LogP contribution in [0.2, 0.25) is 0 Å². The lowest BCUT2D eigenvalue weighted by Gasteiger charge is -2.07. The summed E-state index contributed by atoms with van der Waals surface area (Å²) in [4.78, 5) is 15.3. The third kappa shape index (κ3) is 1.77. The number of nitrogens with zero attached hydrogens (tertiary/aromatic N) is 1. The molecule has 0 spiro atoms. The van der Waals surface area contributed by atoms with Gasteiger partial charge in [0.25, 0.3) is 0 Å². The summed E-state index contributed by atoms with van der Waals surface area (Å²) in [6.07, 6.45) is 1.72. The maximum Gasteiger partial charge on any atom is 0.307 e. The smallest absolute Gasteiger partial charge is 0.307 e. The van der Waals surface area contributed by atoms with Crippen LogP contribution in [0.3, 0.4) is 0 Å². The number of carboxylic acid groups (broad SMARTS) is 1. The van der Waals surface area contributed by atoms with Gasteiger partial charge in [0.05, 0.1) is 13.0 Å². The summed E-state index contributed by atoms with van der Waals surface area (Å²) in [5.41, 5.74) is 1.74. The van der Waals surface area contributed by atoms with Gasteiger partial charge in [-0.1, -0.05) is 13.8 Å². The van der Waals surface area contributed by atoms with Crippen LogP contribution in [0.1, 0.15) is 30.9 Å². The van der Waals surface area contributed by atoms with E-state index in [4.69, 9.17) is 9.84 Å². The molecule has 1 aromatic heterocycles. The molecule has 1 fully saturated rings. The molecule has 0 saturated heterocycles. The number of aryl methyl sites for hydroxylation is 1. The first-order chi connectivity index (χ1) is 7.89. The van der Waals surface area contributed by atoms with E-state index in [1.165, 1.54) is 0 Å². The predicted octanol–water partition coefficient (Wildman–Crippen LogP) is 2.22. The summed E-state index contributed by atoms with van der Waals surface area (Å²) in [6.45, 7) is 5.88. The van der Waals surface area contributed by atoms with Crippen molar-refractivity contribution in [2.24, 2.45) is 11.3 Å². The number of aromatic nitrogens is 1. The lowest BCUT2D eigenvalue weighted by molar-refractivity contribution is -0.139. The Bertz CT molecular complexity index is 468. The second-order valence-corrected chi connectivity index (χ2v) is 5.21. The van der Waals surface area contributed by atoms with Crippen LogP contribution < -0.4 is 4.74 Å². The maximum absolute atomic E-state index is 11.1. The number of hydrogen-bond acceptors (Lipinski definition) is 3. The van der Waals surface area contributed by atoms with Crippen LogP contribution in [0.25, 0.3) is 0 Å². The van der Waals surface area contributed by atoms with Crippen LogP contribution in [0.15, 0.2) is 12.3 Å². The molecule has 1 N–H and O–H groups in total. The van der Waals surface area contributed by atoms with Gasteiger partial charge < -0.3 is 9.84 Å². The zero-order valence-corrected chi connectivity index (χ0v) is 10.5. The fourth-order valence-electron chi connectivity index (χ4n) is 2.69. The molecule has 0 aliphatic heterocycles. The predicted molar refractivity (Wildman–Crippen MR) is 63.2 cm³/mol. The Morgan fingerprint density at radius 2 is 2.18 bits per heavy atom. The Morgan fingerprint density at radius 3 is 2.59 bits per heavy atom. The van der Waals surface area contributed by atoms with Crippen LogP contribution in [0, 0.1) is 18.3 Å². The van der Waals surface area contributed by atoms with Crippen molar-refractivity contribution in [1.29, 1.82) is 0 Å². The van der Waals surface area contributed by atoms with E-state index in [0.717, 1.165) is 11.1 Å². The number of carboxylic acids is 1. The van der Waals surface area contributed by atoms with E-state index in [9.17, 15) is 4.79 Å². The quantitative estimate of drug-likeness (QED) is 0.872. The molecule has 92 valence electrons. The van der Waals surface area contributed by atoms with Crippen molar-refractivity contribution >= 4 is 5.97 Å². The van der Waals surface area contributed by atoms with Gasteiger partial charge in [0, 0.05) is 17.7 Å². The molecule has 4 nitrogen and oxygen atoms in total. The summed E-state index contributed by atoms with van der Waals surface area (Å²) in [5.74, 6) is -0.387. The fraction of sp³-hybridized carbons (Fsp3) is 0.538. The van der Waals surface area contributed by atoms with Crippen molar-refractivity contribution < 1.29 is 14.6 Å². The van der Waals surface area contributed by atoms with Gasteiger partial charge in [-0.25, -0.2) is 4.98 Å². The number of ether oxygens (including phenoxy) is 1. The van der Waals surface area contributed by atoms with Gasteiger partial charge in [-0.05, 0) is 24.0 Å².